The second-order valence-corrected chi connectivity index (χ2v) is 4.98. The smallest absolute Gasteiger partial charge is 0.303 e. The molecule has 0 aromatic heterocycles. The van der Waals surface area contributed by atoms with E-state index >= 15 is 0 Å². The molecule has 0 aliphatic rings. The van der Waals surface area contributed by atoms with Gasteiger partial charge >= 0.3 is 11.9 Å². The average molecular weight is 301 g/mol. The Bertz CT molecular complexity index is 253. The van der Waals surface area contributed by atoms with Crippen molar-refractivity contribution in [2.24, 2.45) is 5.73 Å². The van der Waals surface area contributed by atoms with Crippen molar-refractivity contribution in [1.82, 2.24) is 0 Å². The van der Waals surface area contributed by atoms with Crippen molar-refractivity contribution in [2.75, 3.05) is 6.54 Å². The summed E-state index contributed by atoms with van der Waals surface area (Å²) in [5.41, 5.74) is 5.41. The van der Waals surface area contributed by atoms with Gasteiger partial charge in [0.2, 0.25) is 0 Å². The van der Waals surface area contributed by atoms with Crippen molar-refractivity contribution in [3.05, 3.63) is 12.7 Å². The zero-order valence-electron chi connectivity index (χ0n) is 13.1. The fraction of sp³-hybridized carbons (Fsp3) is 0.750. The molecule has 5 nitrogen and oxygen atoms in total. The van der Waals surface area contributed by atoms with Crippen molar-refractivity contribution in [1.29, 1.82) is 0 Å². The number of carbonyl (C=O) groups is 2. The minimum atomic E-state index is -1.08. The van der Waals surface area contributed by atoms with Gasteiger partial charge in [0.1, 0.15) is 0 Å². The third-order valence-electron chi connectivity index (χ3n) is 2.92. The first-order chi connectivity index (χ1) is 10.0. The van der Waals surface area contributed by atoms with E-state index in [0.717, 1.165) is 6.54 Å². The highest BCUT2D eigenvalue weighted by Gasteiger charge is 2.00. The van der Waals surface area contributed by atoms with Crippen LogP contribution in [-0.4, -0.2) is 28.7 Å². The molecule has 4 N–H and O–H groups in total. The lowest BCUT2D eigenvalue weighted by Gasteiger charge is -2.00. The summed E-state index contributed by atoms with van der Waals surface area (Å²) in [7, 11) is 0. The number of hydrogen-bond acceptors (Lipinski definition) is 3. The second-order valence-electron chi connectivity index (χ2n) is 4.98. The molecule has 5 heteroatoms. The molecule has 0 unspecified atom stereocenters. The van der Waals surface area contributed by atoms with Gasteiger partial charge in [0, 0.05) is 0 Å². The number of carboxylic acids is 2. The Morgan fingerprint density at radius 1 is 0.810 bits per heavy atom. The molecule has 0 saturated heterocycles. The molecule has 0 aliphatic carbocycles. The Morgan fingerprint density at radius 3 is 1.52 bits per heavy atom. The SMILES string of the molecule is C=CCCCCCCCCCCN.O=C(O)CCC(=O)O. The molecular formula is C16H31NO4. The molecule has 0 spiro atoms. The summed E-state index contributed by atoms with van der Waals surface area (Å²) in [6.45, 7) is 4.58. The minimum Gasteiger partial charge on any atom is -0.481 e. The fourth-order valence-electron chi connectivity index (χ4n) is 1.71. The molecule has 0 atom stereocenters. The predicted octanol–water partition coefficient (Wildman–Crippen LogP) is 3.58. The van der Waals surface area contributed by atoms with Crippen molar-refractivity contribution in [3.63, 3.8) is 0 Å². The standard InChI is InChI=1S/C12H25N.C4H6O4/c1-2-3-4-5-6-7-8-9-10-11-12-13;5-3(6)1-2-4(7)8/h2H,1,3-13H2;1-2H2,(H,5,6)(H,7,8). The number of unbranched alkanes of at least 4 members (excludes halogenated alkanes) is 8. The first kappa shape index (κ1) is 21.9. The van der Waals surface area contributed by atoms with E-state index in [1.54, 1.807) is 0 Å². The topological polar surface area (TPSA) is 101 Å². The monoisotopic (exact) mass is 301 g/mol. The lowest BCUT2D eigenvalue weighted by atomic mass is 10.1. The Hall–Kier alpha value is -1.36. The van der Waals surface area contributed by atoms with Crippen LogP contribution in [0.15, 0.2) is 12.7 Å². The van der Waals surface area contributed by atoms with Crippen LogP contribution in [0, 0.1) is 0 Å². The first-order valence-electron chi connectivity index (χ1n) is 7.79. The van der Waals surface area contributed by atoms with Crippen LogP contribution in [-0.2, 0) is 9.59 Å². The summed E-state index contributed by atoms with van der Waals surface area (Å²) in [4.78, 5) is 19.3. The zero-order valence-corrected chi connectivity index (χ0v) is 13.1. The van der Waals surface area contributed by atoms with Crippen LogP contribution >= 0.6 is 0 Å². The van der Waals surface area contributed by atoms with Crippen molar-refractivity contribution in [3.8, 4) is 0 Å². The van der Waals surface area contributed by atoms with Gasteiger partial charge in [-0.05, 0) is 25.8 Å². The van der Waals surface area contributed by atoms with Gasteiger partial charge in [-0.15, -0.1) is 6.58 Å². The van der Waals surface area contributed by atoms with E-state index < -0.39 is 11.9 Å². The van der Waals surface area contributed by atoms with E-state index in [2.05, 4.69) is 6.58 Å². The van der Waals surface area contributed by atoms with E-state index in [0.29, 0.717) is 0 Å². The Labute approximate surface area is 128 Å². The van der Waals surface area contributed by atoms with Gasteiger partial charge in [-0.25, -0.2) is 0 Å². The van der Waals surface area contributed by atoms with Gasteiger partial charge in [-0.2, -0.15) is 0 Å². The van der Waals surface area contributed by atoms with Crippen molar-refractivity contribution >= 4 is 11.9 Å². The summed E-state index contributed by atoms with van der Waals surface area (Å²) in [5.74, 6) is -2.15. The molecule has 0 bridgehead atoms. The van der Waals surface area contributed by atoms with Gasteiger partial charge in [-0.1, -0.05) is 44.6 Å². The molecule has 0 heterocycles. The predicted molar refractivity (Wildman–Crippen MR) is 85.3 cm³/mol. The lowest BCUT2D eigenvalue weighted by molar-refractivity contribution is -0.143. The van der Waals surface area contributed by atoms with Gasteiger partial charge in [-0.3, -0.25) is 9.59 Å². The summed E-state index contributed by atoms with van der Waals surface area (Å²) in [6, 6.07) is 0. The van der Waals surface area contributed by atoms with Crippen LogP contribution in [0.1, 0.15) is 70.6 Å². The Kier molecular flexibility index (Phi) is 19.5. The Morgan fingerprint density at radius 2 is 1.19 bits per heavy atom. The molecule has 0 aromatic carbocycles. The van der Waals surface area contributed by atoms with E-state index in [1.807, 2.05) is 6.08 Å². The zero-order chi connectivity index (χ0) is 16.3. The highest BCUT2D eigenvalue weighted by Crippen LogP contribution is 2.09. The molecule has 0 rings (SSSR count). The highest BCUT2D eigenvalue weighted by molar-refractivity contribution is 5.75. The normalized spacial score (nSPS) is 9.57. The van der Waals surface area contributed by atoms with Gasteiger partial charge < -0.3 is 15.9 Å². The summed E-state index contributed by atoms with van der Waals surface area (Å²) in [5, 5.41) is 15.8. The highest BCUT2D eigenvalue weighted by atomic mass is 16.4. The molecule has 0 amide bonds. The maximum atomic E-state index is 9.64. The van der Waals surface area contributed by atoms with Gasteiger partial charge in [0.05, 0.1) is 12.8 Å². The average Bonchev–Trinajstić information content (AvgIpc) is 2.44. The van der Waals surface area contributed by atoms with Crippen LogP contribution in [0.2, 0.25) is 0 Å². The molecule has 0 radical (unpaired) electrons. The lowest BCUT2D eigenvalue weighted by Crippen LogP contribution is -2.00. The number of allylic oxidation sites excluding steroid dienone is 1. The van der Waals surface area contributed by atoms with E-state index in [1.165, 1.54) is 57.8 Å². The van der Waals surface area contributed by atoms with Gasteiger partial charge in [0.15, 0.2) is 0 Å². The number of aliphatic carboxylic acids is 2. The third kappa shape index (κ3) is 27.7. The number of hydrogen-bond donors (Lipinski definition) is 3. The quantitative estimate of drug-likeness (QED) is 0.356. The van der Waals surface area contributed by atoms with Crippen molar-refractivity contribution in [2.45, 2.75) is 70.6 Å². The molecule has 0 fully saturated rings. The molecular weight excluding hydrogens is 270 g/mol. The van der Waals surface area contributed by atoms with Crippen LogP contribution in [0.3, 0.4) is 0 Å². The van der Waals surface area contributed by atoms with Crippen LogP contribution in [0.5, 0.6) is 0 Å². The second kappa shape index (κ2) is 18.6. The molecule has 0 aromatic rings. The maximum absolute atomic E-state index is 9.64. The van der Waals surface area contributed by atoms with E-state index in [4.69, 9.17) is 15.9 Å². The molecule has 21 heavy (non-hydrogen) atoms. The summed E-state index contributed by atoms with van der Waals surface area (Å²) >= 11 is 0. The summed E-state index contributed by atoms with van der Waals surface area (Å²) < 4.78 is 0. The fourth-order valence-corrected chi connectivity index (χ4v) is 1.71. The van der Waals surface area contributed by atoms with E-state index in [-0.39, 0.29) is 12.8 Å². The largest absolute Gasteiger partial charge is 0.481 e. The number of nitrogens with two attached hydrogens (primary N) is 1. The summed E-state index contributed by atoms with van der Waals surface area (Å²) in [6.07, 6.45) is 13.4. The third-order valence-corrected chi connectivity index (χ3v) is 2.92. The first-order valence-corrected chi connectivity index (χ1v) is 7.79. The van der Waals surface area contributed by atoms with Crippen LogP contribution in [0.4, 0.5) is 0 Å². The van der Waals surface area contributed by atoms with Crippen LogP contribution in [0.25, 0.3) is 0 Å². The number of carboxylic acid groups (broad SMARTS) is 2. The maximum Gasteiger partial charge on any atom is 0.303 e. The van der Waals surface area contributed by atoms with Gasteiger partial charge in [0.25, 0.3) is 0 Å². The van der Waals surface area contributed by atoms with Crippen LogP contribution < -0.4 is 5.73 Å². The molecule has 124 valence electrons. The van der Waals surface area contributed by atoms with Crippen molar-refractivity contribution < 1.29 is 19.8 Å². The Balaban J connectivity index is 0. The molecule has 0 saturated carbocycles. The number of rotatable bonds is 13. The van der Waals surface area contributed by atoms with E-state index in [9.17, 15) is 9.59 Å². The minimum absolute atomic E-state index is 0.296. The molecule has 0 aliphatic heterocycles.